The molecule has 1 atom stereocenters. The Hall–Kier alpha value is -0.710. The van der Waals surface area contributed by atoms with Crippen LogP contribution < -0.4 is 5.32 Å². The molecular formula is C14H24N2O2S. The first-order valence-electron chi connectivity index (χ1n) is 7.37. The highest BCUT2D eigenvalue weighted by molar-refractivity contribution is 7.99. The maximum Gasteiger partial charge on any atom is 0.225 e. The molecule has 0 aromatic heterocycles. The SMILES string of the molecule is CCN1C[C@@H](C(=O)NCCSC2CCCC2)CC1=O. The Bertz CT molecular complexity index is 329. The summed E-state index contributed by atoms with van der Waals surface area (Å²) < 4.78 is 0. The molecule has 19 heavy (non-hydrogen) atoms. The molecule has 2 fully saturated rings. The number of rotatable bonds is 6. The highest BCUT2D eigenvalue weighted by Gasteiger charge is 2.33. The van der Waals surface area contributed by atoms with Gasteiger partial charge in [-0.1, -0.05) is 12.8 Å². The van der Waals surface area contributed by atoms with Crippen molar-refractivity contribution in [2.75, 3.05) is 25.4 Å². The molecule has 0 unspecified atom stereocenters. The van der Waals surface area contributed by atoms with E-state index in [9.17, 15) is 9.59 Å². The van der Waals surface area contributed by atoms with E-state index in [0.29, 0.717) is 19.5 Å². The molecule has 2 aliphatic rings. The smallest absolute Gasteiger partial charge is 0.225 e. The number of likely N-dealkylation sites (tertiary alicyclic amines) is 1. The molecule has 1 aliphatic heterocycles. The first-order chi connectivity index (χ1) is 9.20. The van der Waals surface area contributed by atoms with Gasteiger partial charge in [0.05, 0.1) is 5.92 Å². The van der Waals surface area contributed by atoms with Crippen LogP contribution in [0.1, 0.15) is 39.0 Å². The summed E-state index contributed by atoms with van der Waals surface area (Å²) in [5, 5.41) is 3.78. The van der Waals surface area contributed by atoms with E-state index in [1.165, 1.54) is 25.7 Å². The third-order valence-corrected chi connectivity index (χ3v) is 5.41. The molecule has 1 saturated heterocycles. The minimum atomic E-state index is -0.135. The summed E-state index contributed by atoms with van der Waals surface area (Å²) in [4.78, 5) is 25.3. The quantitative estimate of drug-likeness (QED) is 0.755. The average Bonchev–Trinajstić information content (AvgIpc) is 3.03. The summed E-state index contributed by atoms with van der Waals surface area (Å²) in [5.41, 5.74) is 0. The fourth-order valence-electron chi connectivity index (χ4n) is 2.85. The molecule has 5 heteroatoms. The molecule has 0 aromatic rings. The number of carbonyl (C=O) groups is 2. The monoisotopic (exact) mass is 284 g/mol. The zero-order valence-corrected chi connectivity index (χ0v) is 12.5. The van der Waals surface area contributed by atoms with Crippen LogP contribution in [-0.4, -0.2) is 47.4 Å². The Morgan fingerprint density at radius 3 is 2.79 bits per heavy atom. The largest absolute Gasteiger partial charge is 0.355 e. The molecule has 108 valence electrons. The van der Waals surface area contributed by atoms with E-state index in [1.807, 2.05) is 18.7 Å². The van der Waals surface area contributed by atoms with E-state index in [2.05, 4.69) is 5.32 Å². The normalized spacial score (nSPS) is 24.2. The van der Waals surface area contributed by atoms with Crippen molar-refractivity contribution in [3.05, 3.63) is 0 Å². The van der Waals surface area contributed by atoms with Gasteiger partial charge in [-0.15, -0.1) is 0 Å². The van der Waals surface area contributed by atoms with Crippen molar-refractivity contribution >= 4 is 23.6 Å². The van der Waals surface area contributed by atoms with Crippen molar-refractivity contribution in [2.24, 2.45) is 5.92 Å². The lowest BCUT2D eigenvalue weighted by molar-refractivity contribution is -0.128. The van der Waals surface area contributed by atoms with Crippen LogP contribution in [0.25, 0.3) is 0 Å². The minimum absolute atomic E-state index is 0.0521. The summed E-state index contributed by atoms with van der Waals surface area (Å²) in [6.45, 7) is 3.99. The van der Waals surface area contributed by atoms with Crippen molar-refractivity contribution in [3.8, 4) is 0 Å². The number of amides is 2. The predicted octanol–water partition coefficient (Wildman–Crippen LogP) is 1.65. The Labute approximate surface area is 119 Å². The Morgan fingerprint density at radius 2 is 2.16 bits per heavy atom. The molecule has 1 saturated carbocycles. The molecule has 2 rings (SSSR count). The van der Waals surface area contributed by atoms with Gasteiger partial charge in [-0.25, -0.2) is 0 Å². The van der Waals surface area contributed by atoms with Gasteiger partial charge in [0.15, 0.2) is 0 Å². The van der Waals surface area contributed by atoms with E-state index in [4.69, 9.17) is 0 Å². The second kappa shape index (κ2) is 7.17. The third kappa shape index (κ3) is 4.13. The van der Waals surface area contributed by atoms with Crippen LogP contribution >= 0.6 is 11.8 Å². The Balaban J connectivity index is 1.60. The van der Waals surface area contributed by atoms with Crippen molar-refractivity contribution in [3.63, 3.8) is 0 Å². The number of thioether (sulfide) groups is 1. The molecule has 1 N–H and O–H groups in total. The zero-order chi connectivity index (χ0) is 13.7. The van der Waals surface area contributed by atoms with Crippen LogP contribution in [0.4, 0.5) is 0 Å². The first-order valence-corrected chi connectivity index (χ1v) is 8.42. The van der Waals surface area contributed by atoms with E-state index in [-0.39, 0.29) is 17.7 Å². The second-order valence-electron chi connectivity index (χ2n) is 5.40. The van der Waals surface area contributed by atoms with Gasteiger partial charge in [-0.3, -0.25) is 9.59 Å². The molecule has 1 heterocycles. The lowest BCUT2D eigenvalue weighted by atomic mass is 10.1. The average molecular weight is 284 g/mol. The van der Waals surface area contributed by atoms with Gasteiger partial charge in [-0.2, -0.15) is 11.8 Å². The molecule has 4 nitrogen and oxygen atoms in total. The van der Waals surface area contributed by atoms with Crippen molar-refractivity contribution in [2.45, 2.75) is 44.3 Å². The molecule has 1 aliphatic carbocycles. The van der Waals surface area contributed by atoms with Gasteiger partial charge < -0.3 is 10.2 Å². The van der Waals surface area contributed by atoms with Gasteiger partial charge in [0.25, 0.3) is 0 Å². The highest BCUT2D eigenvalue weighted by Crippen LogP contribution is 2.28. The molecule has 2 amide bonds. The Kier molecular flexibility index (Phi) is 5.55. The van der Waals surface area contributed by atoms with Crippen molar-refractivity contribution < 1.29 is 9.59 Å². The molecule has 0 radical (unpaired) electrons. The van der Waals surface area contributed by atoms with Crippen LogP contribution in [0, 0.1) is 5.92 Å². The first kappa shape index (κ1) is 14.7. The van der Waals surface area contributed by atoms with E-state index < -0.39 is 0 Å². The lowest BCUT2D eigenvalue weighted by Crippen LogP contribution is -2.34. The van der Waals surface area contributed by atoms with Crippen LogP contribution in [0.3, 0.4) is 0 Å². The number of carbonyl (C=O) groups excluding carboxylic acids is 2. The van der Waals surface area contributed by atoms with Crippen LogP contribution in [-0.2, 0) is 9.59 Å². The van der Waals surface area contributed by atoms with E-state index in [0.717, 1.165) is 17.5 Å². The summed E-state index contributed by atoms with van der Waals surface area (Å²) in [6.07, 6.45) is 5.78. The fraction of sp³-hybridized carbons (Fsp3) is 0.857. The maximum absolute atomic E-state index is 11.9. The van der Waals surface area contributed by atoms with Gasteiger partial charge in [0.1, 0.15) is 0 Å². The fourth-order valence-corrected chi connectivity index (χ4v) is 4.07. The Morgan fingerprint density at radius 1 is 1.42 bits per heavy atom. The maximum atomic E-state index is 11.9. The topological polar surface area (TPSA) is 49.4 Å². The van der Waals surface area contributed by atoms with Crippen LogP contribution in [0.5, 0.6) is 0 Å². The van der Waals surface area contributed by atoms with Gasteiger partial charge in [-0.05, 0) is 19.8 Å². The number of nitrogens with zero attached hydrogens (tertiary/aromatic N) is 1. The molecule has 0 aromatic carbocycles. The minimum Gasteiger partial charge on any atom is -0.355 e. The standard InChI is InChI=1S/C14H24N2O2S/c1-2-16-10-11(9-13(16)17)14(18)15-7-8-19-12-5-3-4-6-12/h11-12H,2-10H2,1H3,(H,15,18)/t11-/m0/s1. The zero-order valence-electron chi connectivity index (χ0n) is 11.7. The highest BCUT2D eigenvalue weighted by atomic mass is 32.2. The van der Waals surface area contributed by atoms with Crippen LogP contribution in [0.2, 0.25) is 0 Å². The summed E-state index contributed by atoms with van der Waals surface area (Å²) in [6, 6.07) is 0. The molecule has 0 spiro atoms. The van der Waals surface area contributed by atoms with Gasteiger partial charge in [0.2, 0.25) is 11.8 Å². The van der Waals surface area contributed by atoms with E-state index >= 15 is 0 Å². The molecular weight excluding hydrogens is 260 g/mol. The number of hydrogen-bond donors (Lipinski definition) is 1. The van der Waals surface area contributed by atoms with Gasteiger partial charge in [0, 0.05) is 37.1 Å². The summed E-state index contributed by atoms with van der Waals surface area (Å²) in [5.74, 6) is 1.03. The summed E-state index contributed by atoms with van der Waals surface area (Å²) in [7, 11) is 0. The van der Waals surface area contributed by atoms with Crippen molar-refractivity contribution in [1.82, 2.24) is 10.2 Å². The number of hydrogen-bond acceptors (Lipinski definition) is 3. The van der Waals surface area contributed by atoms with E-state index in [1.54, 1.807) is 4.90 Å². The predicted molar refractivity (Wildman–Crippen MR) is 78.1 cm³/mol. The number of nitrogens with one attached hydrogen (secondary N) is 1. The third-order valence-electron chi connectivity index (χ3n) is 4.02. The molecule has 0 bridgehead atoms. The van der Waals surface area contributed by atoms with Crippen LogP contribution in [0.15, 0.2) is 0 Å². The second-order valence-corrected chi connectivity index (χ2v) is 6.81. The van der Waals surface area contributed by atoms with Crippen molar-refractivity contribution in [1.29, 1.82) is 0 Å². The summed E-state index contributed by atoms with van der Waals surface area (Å²) >= 11 is 1.98. The lowest BCUT2D eigenvalue weighted by Gasteiger charge is -2.14. The van der Waals surface area contributed by atoms with Gasteiger partial charge >= 0.3 is 0 Å².